The molecule has 0 saturated carbocycles. The van der Waals surface area contributed by atoms with Crippen LogP contribution in [0.3, 0.4) is 0 Å². The summed E-state index contributed by atoms with van der Waals surface area (Å²) in [4.78, 5) is 4.42. The van der Waals surface area contributed by atoms with Gasteiger partial charge in [0.15, 0.2) is 0 Å². The van der Waals surface area contributed by atoms with Gasteiger partial charge in [-0.25, -0.2) is 4.98 Å². The molecule has 4 heteroatoms. The lowest BCUT2D eigenvalue weighted by atomic mass is 10.1. The Balaban J connectivity index is 1.89. The van der Waals surface area contributed by atoms with E-state index in [2.05, 4.69) is 22.4 Å². The summed E-state index contributed by atoms with van der Waals surface area (Å²) >= 11 is 0. The van der Waals surface area contributed by atoms with Crippen LogP contribution in [0.25, 0.3) is 10.8 Å². The molecule has 3 aromatic rings. The van der Waals surface area contributed by atoms with Gasteiger partial charge in [0.2, 0.25) is 0 Å². The number of ether oxygens (including phenoxy) is 1. The van der Waals surface area contributed by atoms with E-state index in [9.17, 15) is 0 Å². The zero-order valence-corrected chi connectivity index (χ0v) is 11.8. The first kappa shape index (κ1) is 13.2. The lowest BCUT2D eigenvalue weighted by Crippen LogP contribution is -2.04. The number of hydrogen-bond acceptors (Lipinski definition) is 4. The summed E-state index contributed by atoms with van der Waals surface area (Å²) in [5.74, 6) is 1.68. The van der Waals surface area contributed by atoms with Crippen LogP contribution in [-0.2, 0) is 6.54 Å². The number of nitrogen functional groups attached to an aromatic ring is 1. The number of benzene rings is 2. The van der Waals surface area contributed by atoms with E-state index in [1.165, 1.54) is 0 Å². The number of fused-ring (bicyclic) bond motifs is 1. The summed E-state index contributed by atoms with van der Waals surface area (Å²) < 4.78 is 5.36. The third kappa shape index (κ3) is 2.74. The first-order chi connectivity index (χ1) is 10.3. The van der Waals surface area contributed by atoms with Crippen molar-refractivity contribution in [3.05, 3.63) is 60.3 Å². The molecular weight excluding hydrogens is 262 g/mol. The maximum Gasteiger partial charge on any atom is 0.134 e. The predicted octanol–water partition coefficient (Wildman–Crippen LogP) is 3.44. The average Bonchev–Trinajstić information content (AvgIpc) is 2.53. The van der Waals surface area contributed by atoms with Crippen molar-refractivity contribution in [2.45, 2.75) is 6.54 Å². The highest BCUT2D eigenvalue weighted by Gasteiger charge is 2.06. The summed E-state index contributed by atoms with van der Waals surface area (Å²) in [5, 5.41) is 5.62. The highest BCUT2D eigenvalue weighted by Crippen LogP contribution is 2.24. The number of rotatable bonds is 4. The van der Waals surface area contributed by atoms with Gasteiger partial charge in [-0.3, -0.25) is 0 Å². The van der Waals surface area contributed by atoms with Gasteiger partial charge in [0.25, 0.3) is 0 Å². The quantitative estimate of drug-likeness (QED) is 0.718. The lowest BCUT2D eigenvalue weighted by Gasteiger charge is -2.12. The normalized spacial score (nSPS) is 10.5. The second kappa shape index (κ2) is 5.71. The third-order valence-corrected chi connectivity index (χ3v) is 3.42. The van der Waals surface area contributed by atoms with Crippen molar-refractivity contribution in [2.24, 2.45) is 0 Å². The maximum absolute atomic E-state index is 5.84. The highest BCUT2D eigenvalue weighted by molar-refractivity contribution is 5.91. The molecule has 0 radical (unpaired) electrons. The van der Waals surface area contributed by atoms with Gasteiger partial charge in [-0.1, -0.05) is 24.3 Å². The SMILES string of the molecule is COc1ccc(N)cc1CNc1nccc2ccccc12. The highest BCUT2D eigenvalue weighted by atomic mass is 16.5. The van der Waals surface area contributed by atoms with Crippen molar-refractivity contribution in [1.82, 2.24) is 4.98 Å². The summed E-state index contributed by atoms with van der Waals surface area (Å²) in [6.07, 6.45) is 1.81. The molecule has 1 aromatic heterocycles. The summed E-state index contributed by atoms with van der Waals surface area (Å²) in [7, 11) is 1.66. The van der Waals surface area contributed by atoms with Crippen LogP contribution in [0.1, 0.15) is 5.56 Å². The molecule has 0 aliphatic heterocycles. The summed E-state index contributed by atoms with van der Waals surface area (Å²) in [6, 6.07) is 15.8. The molecule has 0 saturated heterocycles. The molecular formula is C17H17N3O. The van der Waals surface area contributed by atoms with Crippen LogP contribution in [0.2, 0.25) is 0 Å². The number of nitrogens with two attached hydrogens (primary N) is 1. The van der Waals surface area contributed by atoms with Crippen LogP contribution in [0.5, 0.6) is 5.75 Å². The molecule has 0 aliphatic rings. The fraction of sp³-hybridized carbons (Fsp3) is 0.118. The summed E-state index contributed by atoms with van der Waals surface area (Å²) in [5.41, 5.74) is 7.57. The van der Waals surface area contributed by atoms with E-state index < -0.39 is 0 Å². The van der Waals surface area contributed by atoms with Crippen LogP contribution in [0.4, 0.5) is 11.5 Å². The molecule has 1 heterocycles. The molecule has 0 spiro atoms. The molecule has 4 nitrogen and oxygen atoms in total. The fourth-order valence-corrected chi connectivity index (χ4v) is 2.38. The number of hydrogen-bond donors (Lipinski definition) is 2. The minimum Gasteiger partial charge on any atom is -0.496 e. The Morgan fingerprint density at radius 1 is 1.14 bits per heavy atom. The molecule has 3 rings (SSSR count). The van der Waals surface area contributed by atoms with Crippen LogP contribution in [0, 0.1) is 0 Å². The molecule has 2 aromatic carbocycles. The second-order valence-corrected chi connectivity index (χ2v) is 4.81. The van der Waals surface area contributed by atoms with Gasteiger partial charge < -0.3 is 15.8 Å². The summed E-state index contributed by atoms with van der Waals surface area (Å²) in [6.45, 7) is 0.606. The molecule has 0 unspecified atom stereocenters. The number of methoxy groups -OCH3 is 1. The number of nitrogens with one attached hydrogen (secondary N) is 1. The molecule has 0 aliphatic carbocycles. The minimum absolute atomic E-state index is 0.606. The average molecular weight is 279 g/mol. The van der Waals surface area contributed by atoms with Gasteiger partial charge in [0, 0.05) is 29.4 Å². The lowest BCUT2D eigenvalue weighted by molar-refractivity contribution is 0.410. The predicted molar refractivity (Wildman–Crippen MR) is 86.5 cm³/mol. The van der Waals surface area contributed by atoms with Crippen molar-refractivity contribution in [3.63, 3.8) is 0 Å². The van der Waals surface area contributed by atoms with E-state index in [-0.39, 0.29) is 0 Å². The van der Waals surface area contributed by atoms with Crippen LogP contribution >= 0.6 is 0 Å². The molecule has 0 bridgehead atoms. The Labute approximate surface area is 123 Å². The minimum atomic E-state index is 0.606. The standard InChI is InChI=1S/C17H17N3O/c1-21-16-7-6-14(18)10-13(16)11-20-17-15-5-3-2-4-12(15)8-9-19-17/h2-10H,11,18H2,1H3,(H,19,20). The van der Waals surface area contributed by atoms with Gasteiger partial charge in [0.1, 0.15) is 11.6 Å². The molecule has 21 heavy (non-hydrogen) atoms. The van der Waals surface area contributed by atoms with Crippen molar-refractivity contribution in [1.29, 1.82) is 0 Å². The van der Waals surface area contributed by atoms with E-state index in [1.807, 2.05) is 36.4 Å². The van der Waals surface area contributed by atoms with Crippen molar-refractivity contribution in [2.75, 3.05) is 18.2 Å². The fourth-order valence-electron chi connectivity index (χ4n) is 2.38. The van der Waals surface area contributed by atoms with E-state index in [0.29, 0.717) is 6.54 Å². The van der Waals surface area contributed by atoms with E-state index in [1.54, 1.807) is 13.3 Å². The Hall–Kier alpha value is -2.75. The zero-order chi connectivity index (χ0) is 14.7. The Morgan fingerprint density at radius 2 is 2.00 bits per heavy atom. The number of nitrogens with zero attached hydrogens (tertiary/aromatic N) is 1. The van der Waals surface area contributed by atoms with Crippen LogP contribution < -0.4 is 15.8 Å². The first-order valence-corrected chi connectivity index (χ1v) is 6.78. The Bertz CT molecular complexity index is 766. The number of pyridine rings is 1. The molecule has 3 N–H and O–H groups in total. The van der Waals surface area contributed by atoms with Gasteiger partial charge in [-0.05, 0) is 29.7 Å². The van der Waals surface area contributed by atoms with Gasteiger partial charge in [0.05, 0.1) is 7.11 Å². The van der Waals surface area contributed by atoms with Crippen molar-refractivity contribution >= 4 is 22.3 Å². The third-order valence-electron chi connectivity index (χ3n) is 3.42. The van der Waals surface area contributed by atoms with E-state index >= 15 is 0 Å². The molecule has 0 atom stereocenters. The molecule has 0 fully saturated rings. The van der Waals surface area contributed by atoms with Gasteiger partial charge in [-0.2, -0.15) is 0 Å². The van der Waals surface area contributed by atoms with E-state index in [0.717, 1.165) is 33.6 Å². The van der Waals surface area contributed by atoms with Crippen LogP contribution in [0.15, 0.2) is 54.7 Å². The topological polar surface area (TPSA) is 60.2 Å². The van der Waals surface area contributed by atoms with Crippen molar-refractivity contribution in [3.8, 4) is 5.75 Å². The number of aromatic nitrogens is 1. The molecule has 106 valence electrons. The Kier molecular flexibility index (Phi) is 3.60. The monoisotopic (exact) mass is 279 g/mol. The van der Waals surface area contributed by atoms with Crippen LogP contribution in [-0.4, -0.2) is 12.1 Å². The van der Waals surface area contributed by atoms with Gasteiger partial charge in [-0.15, -0.1) is 0 Å². The molecule has 0 amide bonds. The smallest absolute Gasteiger partial charge is 0.134 e. The van der Waals surface area contributed by atoms with Crippen molar-refractivity contribution < 1.29 is 4.74 Å². The largest absolute Gasteiger partial charge is 0.496 e. The maximum atomic E-state index is 5.84. The zero-order valence-electron chi connectivity index (χ0n) is 11.8. The van der Waals surface area contributed by atoms with E-state index in [4.69, 9.17) is 10.5 Å². The Morgan fingerprint density at radius 3 is 2.86 bits per heavy atom. The first-order valence-electron chi connectivity index (χ1n) is 6.78. The second-order valence-electron chi connectivity index (χ2n) is 4.81. The van der Waals surface area contributed by atoms with Gasteiger partial charge >= 0.3 is 0 Å². The number of anilines is 2.